The van der Waals surface area contributed by atoms with Crippen LogP contribution in [0.4, 0.5) is 0 Å². The Morgan fingerprint density at radius 3 is 1.28 bits per heavy atom. The number of likely N-dealkylation sites (N-methyl/N-ethyl adjacent to an activating group) is 1. The smallest absolute Gasteiger partial charge is 0.362 e. The lowest BCUT2D eigenvalue weighted by molar-refractivity contribution is -0.887. The fourth-order valence-electron chi connectivity index (χ4n) is 7.55. The molecule has 0 aliphatic heterocycles. The second kappa shape index (κ2) is 49.7. The lowest BCUT2D eigenvalue weighted by Gasteiger charge is -2.31. The Bertz CT molecular complexity index is 1430. The first-order chi connectivity index (χ1) is 33.1. The second-order valence-corrected chi connectivity index (χ2v) is 19.1. The summed E-state index contributed by atoms with van der Waals surface area (Å²) < 4.78 is 17.3. The molecule has 0 amide bonds. The summed E-state index contributed by atoms with van der Waals surface area (Å²) in [6, 6.07) is -0.630. The molecule has 0 radical (unpaired) electrons. The average molecular weight is 949 g/mol. The van der Waals surface area contributed by atoms with Gasteiger partial charge in [-0.05, 0) is 89.9 Å². The average Bonchev–Trinajstić information content (AvgIpc) is 3.30. The molecule has 0 bridgehead atoms. The summed E-state index contributed by atoms with van der Waals surface area (Å²) in [5.74, 6) is -1.55. The number of rotatable bonds is 48. The van der Waals surface area contributed by atoms with Crippen molar-refractivity contribution in [3.63, 3.8) is 0 Å². The summed E-state index contributed by atoms with van der Waals surface area (Å²) >= 11 is 0. The summed E-state index contributed by atoms with van der Waals surface area (Å²) in [4.78, 5) is 37.2. The van der Waals surface area contributed by atoms with Crippen LogP contribution in [0.1, 0.15) is 213 Å². The highest BCUT2D eigenvalue weighted by Gasteiger charge is 2.31. The number of quaternary nitrogens is 1. The van der Waals surface area contributed by atoms with Gasteiger partial charge in [0.2, 0.25) is 0 Å². The lowest BCUT2D eigenvalue weighted by Crippen LogP contribution is -2.50. The van der Waals surface area contributed by atoms with Crippen molar-refractivity contribution in [2.75, 3.05) is 41.0 Å². The Kier molecular flexibility index (Phi) is 46.9. The molecule has 2 unspecified atom stereocenters. The van der Waals surface area contributed by atoms with Crippen LogP contribution in [0, 0.1) is 0 Å². The number of unbranched alkanes of at least 4 members (excludes halogenated alkanes) is 18. The molecule has 0 saturated carbocycles. The Morgan fingerprint density at radius 2 is 0.838 bits per heavy atom. The Balaban J connectivity index is 4.34. The van der Waals surface area contributed by atoms with E-state index in [1.165, 1.54) is 103 Å². The third-order valence-electron chi connectivity index (χ3n) is 11.7. The molecule has 0 fully saturated rings. The van der Waals surface area contributed by atoms with Crippen molar-refractivity contribution in [2.45, 2.75) is 225 Å². The summed E-state index contributed by atoms with van der Waals surface area (Å²) in [6.45, 7) is 4.57. The molecule has 0 aromatic rings. The Hall–Kier alpha value is -3.75. The quantitative estimate of drug-likeness (QED) is 0.0281. The first-order valence-electron chi connectivity index (χ1n) is 27.3. The molecule has 388 valence electrons. The van der Waals surface area contributed by atoms with E-state index in [0.29, 0.717) is 19.3 Å². The zero-order valence-corrected chi connectivity index (χ0v) is 44.3. The number of ether oxygens (including phenoxy) is 3. The Labute approximate surface area is 417 Å². The van der Waals surface area contributed by atoms with Crippen LogP contribution in [0.5, 0.6) is 0 Å². The van der Waals surface area contributed by atoms with E-state index in [2.05, 4.69) is 111 Å². The van der Waals surface area contributed by atoms with Gasteiger partial charge in [-0.3, -0.25) is 9.59 Å². The van der Waals surface area contributed by atoms with Crippen LogP contribution in [0.2, 0.25) is 0 Å². The van der Waals surface area contributed by atoms with Gasteiger partial charge in [0.1, 0.15) is 6.61 Å². The molecular weight excluding hydrogens is 847 g/mol. The molecule has 0 aliphatic carbocycles. The number of carbonyl (C=O) groups is 3. The van der Waals surface area contributed by atoms with E-state index in [1.54, 1.807) is 0 Å². The van der Waals surface area contributed by atoms with Crippen LogP contribution in [0.25, 0.3) is 0 Å². The summed E-state index contributed by atoms with van der Waals surface area (Å²) in [7, 11) is 5.51. The van der Waals surface area contributed by atoms with Gasteiger partial charge in [-0.15, -0.1) is 0 Å². The summed E-state index contributed by atoms with van der Waals surface area (Å²) in [5, 5.41) is 9.67. The predicted molar refractivity (Wildman–Crippen MR) is 289 cm³/mol. The number of aliphatic carboxylic acids is 1. The highest BCUT2D eigenvalue weighted by molar-refractivity contribution is 5.72. The molecule has 68 heavy (non-hydrogen) atoms. The number of carboxylic acids is 1. The van der Waals surface area contributed by atoms with Gasteiger partial charge < -0.3 is 23.8 Å². The van der Waals surface area contributed by atoms with Gasteiger partial charge in [0.15, 0.2) is 12.1 Å². The third-order valence-corrected chi connectivity index (χ3v) is 11.7. The SMILES string of the molecule is CC/C=C/C/C=C/C/C=C/C/C=C/C/C=C/C/C=C/C/C=C/CCCC(=O)OCC(COCCC(C(=O)O)[N+](C)(C)C)OC(=O)CCCCCCCCC/C=C/CCCCCCCCCCCC. The number of nitrogens with zero attached hydrogens (tertiary/aromatic N) is 1. The standard InChI is InChI=1S/C60H101NO7/c1-6-8-10-12-14-16-18-20-22-24-26-28-29-31-32-34-36-38-40-42-44-46-48-50-58(62)67-55-56(54-66-53-52-57(60(64)65)61(3,4)5)68-59(63)51-49-47-45-43-41-39-37-35-33-30-27-25-23-21-19-17-15-13-11-9-7-2/h8,10,14,16,20,22,26,28,30-33,36,38,42,44,56-57H,6-7,9,11-13,15,17-19,21,23-25,27,29,34-35,37,39-41,43,45-55H2,1-5H3/p+1/b10-8+,16-14+,22-20+,28-26+,32-31+,33-30+,38-36+,44-42+. The minimum atomic E-state index is -0.885. The first kappa shape index (κ1) is 64.2. The monoisotopic (exact) mass is 949 g/mol. The minimum Gasteiger partial charge on any atom is -0.477 e. The van der Waals surface area contributed by atoms with Crippen LogP contribution in [0.15, 0.2) is 97.2 Å². The normalized spacial score (nSPS) is 13.6. The number of hydrogen-bond acceptors (Lipinski definition) is 6. The van der Waals surface area contributed by atoms with Crippen LogP contribution in [-0.4, -0.2) is 80.6 Å². The van der Waals surface area contributed by atoms with E-state index in [4.69, 9.17) is 14.2 Å². The van der Waals surface area contributed by atoms with Gasteiger partial charge in [0, 0.05) is 19.3 Å². The van der Waals surface area contributed by atoms with Crippen molar-refractivity contribution in [2.24, 2.45) is 0 Å². The Morgan fingerprint density at radius 1 is 0.456 bits per heavy atom. The van der Waals surface area contributed by atoms with Crippen LogP contribution in [-0.2, 0) is 28.6 Å². The van der Waals surface area contributed by atoms with Crippen LogP contribution in [0.3, 0.4) is 0 Å². The third kappa shape index (κ3) is 47.3. The van der Waals surface area contributed by atoms with Crippen molar-refractivity contribution in [1.82, 2.24) is 0 Å². The molecule has 0 saturated heterocycles. The predicted octanol–water partition coefficient (Wildman–Crippen LogP) is 16.2. The maximum absolute atomic E-state index is 12.8. The molecular formula is C60H102NO7+. The zero-order valence-electron chi connectivity index (χ0n) is 44.3. The number of carbonyl (C=O) groups excluding carboxylic acids is 2. The maximum atomic E-state index is 12.8. The van der Waals surface area contributed by atoms with Crippen molar-refractivity contribution in [3.05, 3.63) is 97.2 Å². The first-order valence-corrected chi connectivity index (χ1v) is 27.3. The van der Waals surface area contributed by atoms with E-state index < -0.39 is 18.1 Å². The molecule has 0 rings (SSSR count). The summed E-state index contributed by atoms with van der Waals surface area (Å²) in [6.07, 6.45) is 67.6. The van der Waals surface area contributed by atoms with Crippen LogP contribution < -0.4 is 0 Å². The van der Waals surface area contributed by atoms with Gasteiger partial charge in [0.25, 0.3) is 0 Å². The fraction of sp³-hybridized carbons (Fsp3) is 0.683. The van der Waals surface area contributed by atoms with E-state index in [9.17, 15) is 19.5 Å². The van der Waals surface area contributed by atoms with E-state index in [0.717, 1.165) is 70.6 Å². The fourth-order valence-corrected chi connectivity index (χ4v) is 7.55. The van der Waals surface area contributed by atoms with Gasteiger partial charge in [-0.1, -0.05) is 201 Å². The number of carboxylic acid groups (broad SMARTS) is 1. The second-order valence-electron chi connectivity index (χ2n) is 19.1. The lowest BCUT2D eigenvalue weighted by atomic mass is 10.1. The van der Waals surface area contributed by atoms with Gasteiger partial charge in [-0.2, -0.15) is 0 Å². The van der Waals surface area contributed by atoms with Crippen molar-refractivity contribution in [3.8, 4) is 0 Å². The number of hydrogen-bond donors (Lipinski definition) is 1. The highest BCUT2D eigenvalue weighted by atomic mass is 16.6. The molecule has 1 N–H and O–H groups in total. The van der Waals surface area contributed by atoms with Crippen molar-refractivity contribution in [1.29, 1.82) is 0 Å². The van der Waals surface area contributed by atoms with E-state index in [1.807, 2.05) is 21.1 Å². The molecule has 8 heteroatoms. The van der Waals surface area contributed by atoms with Crippen molar-refractivity contribution < 1.29 is 38.2 Å². The molecule has 8 nitrogen and oxygen atoms in total. The molecule has 0 aromatic heterocycles. The van der Waals surface area contributed by atoms with Gasteiger partial charge >= 0.3 is 17.9 Å². The van der Waals surface area contributed by atoms with E-state index >= 15 is 0 Å². The number of esters is 2. The van der Waals surface area contributed by atoms with Crippen molar-refractivity contribution >= 4 is 17.9 Å². The molecule has 0 aliphatic rings. The maximum Gasteiger partial charge on any atom is 0.362 e. The van der Waals surface area contributed by atoms with Crippen LogP contribution >= 0.6 is 0 Å². The molecule has 0 aromatic carbocycles. The number of allylic oxidation sites excluding steroid dienone is 16. The molecule has 0 spiro atoms. The zero-order chi connectivity index (χ0) is 49.9. The molecule has 2 atom stereocenters. The summed E-state index contributed by atoms with van der Waals surface area (Å²) in [5.41, 5.74) is 0. The topological polar surface area (TPSA) is 99.1 Å². The van der Waals surface area contributed by atoms with Gasteiger partial charge in [0.05, 0.1) is 34.4 Å². The highest BCUT2D eigenvalue weighted by Crippen LogP contribution is 2.14. The molecule has 0 heterocycles. The largest absolute Gasteiger partial charge is 0.477 e. The van der Waals surface area contributed by atoms with Gasteiger partial charge in [-0.25, -0.2) is 4.79 Å². The minimum absolute atomic E-state index is 0.0360. The van der Waals surface area contributed by atoms with E-state index in [-0.39, 0.29) is 42.7 Å².